The highest BCUT2D eigenvalue weighted by Crippen LogP contribution is 2.47. The molecule has 0 aliphatic heterocycles. The number of benzene rings is 1. The van der Waals surface area contributed by atoms with E-state index in [2.05, 4.69) is 19.0 Å². The molecule has 2 rings (SSSR count). The Kier molecular flexibility index (Phi) is 5.97. The van der Waals surface area contributed by atoms with Crippen LogP contribution in [0.1, 0.15) is 31.2 Å². The summed E-state index contributed by atoms with van der Waals surface area (Å²) in [6.45, 7) is 0.999. The SMILES string of the molecule is CN(C)C[C@@H]1CCCC[C@@]1(Cl)c1cccc(O)c1.Cl. The van der Waals surface area contributed by atoms with E-state index in [0.29, 0.717) is 11.7 Å². The average molecular weight is 304 g/mol. The van der Waals surface area contributed by atoms with Crippen molar-refractivity contribution in [3.05, 3.63) is 29.8 Å². The average Bonchev–Trinajstić information content (AvgIpc) is 2.32. The summed E-state index contributed by atoms with van der Waals surface area (Å²) in [5.41, 5.74) is 1.07. The second-order valence-corrected chi connectivity index (χ2v) is 6.29. The van der Waals surface area contributed by atoms with Crippen LogP contribution in [0, 0.1) is 5.92 Å². The molecular weight excluding hydrogens is 281 g/mol. The van der Waals surface area contributed by atoms with E-state index in [4.69, 9.17) is 11.6 Å². The Bertz CT molecular complexity index is 411. The van der Waals surface area contributed by atoms with Crippen molar-refractivity contribution in [3.8, 4) is 5.75 Å². The van der Waals surface area contributed by atoms with Gasteiger partial charge >= 0.3 is 0 Å². The standard InChI is InChI=1S/C15H22ClNO.ClH/c1-17(2)11-13-6-3-4-9-15(13,16)12-7-5-8-14(18)10-12;/h5,7-8,10,13,18H,3-4,6,9,11H2,1-2H3;1H/t13-,15+;/m0./s1. The zero-order chi connectivity index (χ0) is 13.2. The van der Waals surface area contributed by atoms with E-state index in [1.807, 2.05) is 18.2 Å². The first-order chi connectivity index (χ1) is 8.52. The molecule has 1 saturated carbocycles. The van der Waals surface area contributed by atoms with Crippen molar-refractivity contribution in [2.24, 2.45) is 5.92 Å². The van der Waals surface area contributed by atoms with Gasteiger partial charge < -0.3 is 10.0 Å². The molecule has 0 unspecified atom stereocenters. The highest BCUT2D eigenvalue weighted by atomic mass is 35.5. The lowest BCUT2D eigenvalue weighted by molar-refractivity contribution is 0.207. The number of halogens is 2. The van der Waals surface area contributed by atoms with E-state index < -0.39 is 0 Å². The number of aromatic hydroxyl groups is 1. The number of nitrogens with zero attached hydrogens (tertiary/aromatic N) is 1. The van der Waals surface area contributed by atoms with Crippen molar-refractivity contribution >= 4 is 24.0 Å². The number of rotatable bonds is 3. The van der Waals surface area contributed by atoms with Crippen molar-refractivity contribution in [3.63, 3.8) is 0 Å². The molecule has 1 aromatic carbocycles. The molecule has 1 aliphatic carbocycles. The van der Waals surface area contributed by atoms with Crippen LogP contribution in [0.5, 0.6) is 5.75 Å². The quantitative estimate of drug-likeness (QED) is 0.853. The Labute approximate surface area is 127 Å². The Morgan fingerprint density at radius 1 is 1.37 bits per heavy atom. The highest BCUT2D eigenvalue weighted by molar-refractivity contribution is 6.24. The van der Waals surface area contributed by atoms with Gasteiger partial charge in [-0.25, -0.2) is 0 Å². The van der Waals surface area contributed by atoms with Crippen molar-refractivity contribution < 1.29 is 5.11 Å². The Morgan fingerprint density at radius 3 is 2.74 bits per heavy atom. The number of hydrogen-bond acceptors (Lipinski definition) is 2. The normalized spacial score (nSPS) is 27.1. The fraction of sp³-hybridized carbons (Fsp3) is 0.600. The minimum absolute atomic E-state index is 0. The summed E-state index contributed by atoms with van der Waals surface area (Å²) < 4.78 is 0. The topological polar surface area (TPSA) is 23.5 Å². The first-order valence-corrected chi connectivity index (χ1v) is 7.03. The van der Waals surface area contributed by atoms with Gasteiger partial charge in [-0.15, -0.1) is 24.0 Å². The molecule has 19 heavy (non-hydrogen) atoms. The van der Waals surface area contributed by atoms with E-state index in [-0.39, 0.29) is 17.3 Å². The summed E-state index contributed by atoms with van der Waals surface area (Å²) in [5, 5.41) is 9.66. The van der Waals surface area contributed by atoms with Gasteiger partial charge in [-0.3, -0.25) is 0 Å². The van der Waals surface area contributed by atoms with Crippen LogP contribution in [0.25, 0.3) is 0 Å². The van der Waals surface area contributed by atoms with Gasteiger partial charge in [0.05, 0.1) is 4.87 Å². The second kappa shape index (κ2) is 6.83. The van der Waals surface area contributed by atoms with Crippen LogP contribution in [0.3, 0.4) is 0 Å². The molecule has 2 atom stereocenters. The van der Waals surface area contributed by atoms with E-state index >= 15 is 0 Å². The molecule has 0 bridgehead atoms. The molecule has 0 radical (unpaired) electrons. The van der Waals surface area contributed by atoms with E-state index in [1.54, 1.807) is 6.07 Å². The fourth-order valence-corrected chi connectivity index (χ4v) is 3.46. The van der Waals surface area contributed by atoms with Gasteiger partial charge in [0.15, 0.2) is 0 Å². The lowest BCUT2D eigenvalue weighted by Gasteiger charge is -2.41. The van der Waals surface area contributed by atoms with Gasteiger partial charge in [-0.05, 0) is 50.6 Å². The molecule has 1 aliphatic rings. The minimum atomic E-state index is -0.318. The van der Waals surface area contributed by atoms with Crippen LogP contribution in [-0.2, 0) is 4.87 Å². The monoisotopic (exact) mass is 303 g/mol. The summed E-state index contributed by atoms with van der Waals surface area (Å²) >= 11 is 6.94. The Morgan fingerprint density at radius 2 is 2.11 bits per heavy atom. The van der Waals surface area contributed by atoms with Gasteiger partial charge in [-0.2, -0.15) is 0 Å². The van der Waals surface area contributed by atoms with Crippen molar-refractivity contribution in [2.75, 3.05) is 20.6 Å². The molecular formula is C15H23Cl2NO. The summed E-state index contributed by atoms with van der Waals surface area (Å²) in [6, 6.07) is 7.45. The minimum Gasteiger partial charge on any atom is -0.508 e. The van der Waals surface area contributed by atoms with Crippen LogP contribution in [0.2, 0.25) is 0 Å². The molecule has 0 heterocycles. The zero-order valence-electron chi connectivity index (χ0n) is 11.6. The molecule has 4 heteroatoms. The Hall–Kier alpha value is -0.440. The van der Waals surface area contributed by atoms with Crippen molar-refractivity contribution in [2.45, 2.75) is 30.6 Å². The molecule has 0 amide bonds. The van der Waals surface area contributed by atoms with Crippen LogP contribution < -0.4 is 0 Å². The van der Waals surface area contributed by atoms with Crippen LogP contribution >= 0.6 is 24.0 Å². The van der Waals surface area contributed by atoms with Gasteiger partial charge in [0.2, 0.25) is 0 Å². The molecule has 0 spiro atoms. The largest absolute Gasteiger partial charge is 0.508 e. The second-order valence-electron chi connectivity index (χ2n) is 5.62. The lowest BCUT2D eigenvalue weighted by Crippen LogP contribution is -2.39. The third-order valence-electron chi connectivity index (χ3n) is 3.90. The maximum Gasteiger partial charge on any atom is 0.115 e. The Balaban J connectivity index is 0.00000180. The smallest absolute Gasteiger partial charge is 0.115 e. The van der Waals surface area contributed by atoms with E-state index in [9.17, 15) is 5.11 Å². The van der Waals surface area contributed by atoms with E-state index in [1.165, 1.54) is 12.8 Å². The third kappa shape index (κ3) is 3.77. The molecule has 108 valence electrons. The first kappa shape index (κ1) is 16.6. The molecule has 0 aromatic heterocycles. The number of hydrogen-bond donors (Lipinski definition) is 1. The zero-order valence-corrected chi connectivity index (χ0v) is 13.2. The van der Waals surface area contributed by atoms with Crippen LogP contribution in [0.15, 0.2) is 24.3 Å². The number of alkyl halides is 1. The van der Waals surface area contributed by atoms with Crippen molar-refractivity contribution in [1.29, 1.82) is 0 Å². The maximum absolute atomic E-state index is 9.66. The summed E-state index contributed by atoms with van der Waals surface area (Å²) in [7, 11) is 4.18. The molecule has 1 aromatic rings. The third-order valence-corrected chi connectivity index (χ3v) is 4.62. The van der Waals surface area contributed by atoms with Gasteiger partial charge in [-0.1, -0.05) is 25.0 Å². The van der Waals surface area contributed by atoms with Crippen LogP contribution in [0.4, 0.5) is 0 Å². The summed E-state index contributed by atoms with van der Waals surface area (Å²) in [6.07, 6.45) is 4.59. The van der Waals surface area contributed by atoms with Gasteiger partial charge in [0.1, 0.15) is 5.75 Å². The van der Waals surface area contributed by atoms with Crippen LogP contribution in [-0.4, -0.2) is 30.6 Å². The summed E-state index contributed by atoms with van der Waals surface area (Å²) in [5.74, 6) is 0.756. The molecule has 2 nitrogen and oxygen atoms in total. The molecule has 1 N–H and O–H groups in total. The number of phenolic OH excluding ortho intramolecular Hbond substituents is 1. The predicted octanol–water partition coefficient (Wildman–Crippen LogP) is 4.00. The molecule has 1 fully saturated rings. The number of phenols is 1. The molecule has 0 saturated heterocycles. The lowest BCUT2D eigenvalue weighted by atomic mass is 9.74. The first-order valence-electron chi connectivity index (χ1n) is 6.65. The fourth-order valence-electron chi connectivity index (χ4n) is 3.03. The van der Waals surface area contributed by atoms with Gasteiger partial charge in [0.25, 0.3) is 0 Å². The highest BCUT2D eigenvalue weighted by Gasteiger charge is 2.40. The van der Waals surface area contributed by atoms with E-state index in [0.717, 1.165) is 24.9 Å². The predicted molar refractivity (Wildman–Crippen MR) is 83.4 cm³/mol. The van der Waals surface area contributed by atoms with Crippen molar-refractivity contribution in [1.82, 2.24) is 4.90 Å². The van der Waals surface area contributed by atoms with Gasteiger partial charge in [0, 0.05) is 6.54 Å². The summed E-state index contributed by atoms with van der Waals surface area (Å²) in [4.78, 5) is 1.89. The maximum atomic E-state index is 9.66.